The second-order valence-corrected chi connectivity index (χ2v) is 5.65. The predicted octanol–water partition coefficient (Wildman–Crippen LogP) is -0.389. The number of anilines is 2. The number of nitrogens with two attached hydrogens (primary N) is 4. The molecule has 0 fully saturated rings. The van der Waals surface area contributed by atoms with Gasteiger partial charge >= 0.3 is 12.1 Å². The summed E-state index contributed by atoms with van der Waals surface area (Å²) in [4.78, 5) is 30.8. The highest BCUT2D eigenvalue weighted by atomic mass is 16.5. The molecule has 4 amide bonds. The van der Waals surface area contributed by atoms with Crippen LogP contribution in [-0.2, 0) is 6.42 Å². The van der Waals surface area contributed by atoms with E-state index in [1.54, 1.807) is 12.1 Å². The van der Waals surface area contributed by atoms with Crippen molar-refractivity contribution in [1.82, 2.24) is 9.97 Å². The van der Waals surface area contributed by atoms with E-state index in [0.717, 1.165) is 0 Å². The molecule has 0 aliphatic heterocycles. The van der Waals surface area contributed by atoms with E-state index in [2.05, 4.69) is 9.97 Å². The van der Waals surface area contributed by atoms with E-state index < -0.39 is 12.1 Å². The summed E-state index contributed by atoms with van der Waals surface area (Å²) in [5.74, 6) is 12.2. The normalized spacial score (nSPS) is 10.2. The summed E-state index contributed by atoms with van der Waals surface area (Å²) in [5.41, 5.74) is 11.5. The largest absolute Gasteiger partial charge is 0.493 e. The summed E-state index contributed by atoms with van der Waals surface area (Å²) in [5, 5.41) is 1.11. The molecule has 29 heavy (non-hydrogen) atoms. The first-order valence-corrected chi connectivity index (χ1v) is 8.06. The highest BCUT2D eigenvalue weighted by molar-refractivity contribution is 5.90. The van der Waals surface area contributed by atoms with Gasteiger partial charge in [-0.15, -0.1) is 0 Å². The van der Waals surface area contributed by atoms with Crippen molar-refractivity contribution in [2.45, 2.75) is 6.42 Å². The molecule has 0 bridgehead atoms. The molecule has 0 spiro atoms. The number of aromatic nitrogens is 2. The second-order valence-electron chi connectivity index (χ2n) is 5.65. The van der Waals surface area contributed by atoms with Crippen LogP contribution in [0.25, 0.3) is 0 Å². The minimum atomic E-state index is -1.00. The van der Waals surface area contributed by atoms with Crippen molar-refractivity contribution in [2.75, 3.05) is 31.3 Å². The Morgan fingerprint density at radius 2 is 1.52 bits per heavy atom. The highest BCUT2D eigenvalue weighted by Gasteiger charge is 2.21. The molecule has 0 atom stereocenters. The molecule has 0 saturated carbocycles. The van der Waals surface area contributed by atoms with Gasteiger partial charge in [0.15, 0.2) is 17.3 Å². The lowest BCUT2D eigenvalue weighted by Crippen LogP contribution is -2.45. The van der Waals surface area contributed by atoms with Crippen LogP contribution in [0.3, 0.4) is 0 Å². The number of hydrazine groups is 2. The third-order valence-electron chi connectivity index (χ3n) is 3.87. The Bertz CT molecular complexity index is 897. The third kappa shape index (κ3) is 4.53. The van der Waals surface area contributed by atoms with Gasteiger partial charge in [0.25, 0.3) is 5.95 Å². The first kappa shape index (κ1) is 21.5. The quantitative estimate of drug-likeness (QED) is 0.268. The summed E-state index contributed by atoms with van der Waals surface area (Å²) in [6.45, 7) is 0. The molecule has 0 unspecified atom stereocenters. The van der Waals surface area contributed by atoms with Gasteiger partial charge in [0.2, 0.25) is 5.75 Å². The summed E-state index contributed by atoms with van der Waals surface area (Å²) in [6, 6.07) is 1.44. The molecule has 0 aliphatic rings. The van der Waals surface area contributed by atoms with E-state index in [4.69, 9.17) is 37.4 Å². The molecule has 156 valence electrons. The Balaban J connectivity index is 2.54. The number of hydrogen-bond donors (Lipinski definition) is 4. The van der Waals surface area contributed by atoms with Crippen molar-refractivity contribution in [3.05, 3.63) is 29.5 Å². The molecule has 2 rings (SSSR count). The summed E-state index contributed by atoms with van der Waals surface area (Å²) in [6.07, 6.45) is 1.54. The van der Waals surface area contributed by atoms with Gasteiger partial charge in [0.1, 0.15) is 0 Å². The zero-order valence-corrected chi connectivity index (χ0v) is 16.1. The average molecular weight is 406 g/mol. The lowest BCUT2D eigenvalue weighted by atomic mass is 10.1. The van der Waals surface area contributed by atoms with Crippen LogP contribution in [0.5, 0.6) is 17.2 Å². The Morgan fingerprint density at radius 1 is 0.966 bits per heavy atom. The maximum absolute atomic E-state index is 11.6. The Labute approximate surface area is 166 Å². The minimum Gasteiger partial charge on any atom is -0.493 e. The number of methoxy groups -OCH3 is 3. The monoisotopic (exact) mass is 406 g/mol. The van der Waals surface area contributed by atoms with Gasteiger partial charge in [-0.05, 0) is 17.7 Å². The van der Waals surface area contributed by atoms with E-state index in [9.17, 15) is 9.59 Å². The summed E-state index contributed by atoms with van der Waals surface area (Å²) >= 11 is 0. The first-order valence-electron chi connectivity index (χ1n) is 8.06. The number of urea groups is 2. The second kappa shape index (κ2) is 8.90. The summed E-state index contributed by atoms with van der Waals surface area (Å²) < 4.78 is 16.0. The predicted molar refractivity (Wildman–Crippen MR) is 103 cm³/mol. The smallest absolute Gasteiger partial charge is 0.336 e. The zero-order valence-electron chi connectivity index (χ0n) is 16.1. The average Bonchev–Trinajstić information content (AvgIpc) is 2.71. The molecule has 0 aliphatic carbocycles. The maximum atomic E-state index is 11.6. The molecule has 13 nitrogen and oxygen atoms in total. The third-order valence-corrected chi connectivity index (χ3v) is 3.87. The number of primary amides is 2. The molecule has 1 aromatic heterocycles. The van der Waals surface area contributed by atoms with Crippen molar-refractivity contribution in [1.29, 1.82) is 0 Å². The van der Waals surface area contributed by atoms with Crippen LogP contribution in [0.15, 0.2) is 18.3 Å². The standard InChI is InChI=1S/C16H22N8O5/c1-27-10-5-8(6-11(28-2)12(10)29-3)4-9-7-21-16(24(20)15(18)26)22-13(9)23(19)14(17)25/h5-7H,4,19-20H2,1-3H3,(H2,17,25)(H2,18,26). The number of rotatable bonds is 7. The number of nitrogens with zero attached hydrogens (tertiary/aromatic N) is 4. The Hall–Kier alpha value is -3.84. The van der Waals surface area contributed by atoms with Gasteiger partial charge in [-0.3, -0.25) is 0 Å². The van der Waals surface area contributed by atoms with Gasteiger partial charge in [-0.2, -0.15) is 9.99 Å². The van der Waals surface area contributed by atoms with Gasteiger partial charge in [-0.1, -0.05) is 0 Å². The van der Waals surface area contributed by atoms with Gasteiger partial charge in [0, 0.05) is 18.2 Å². The lowest BCUT2D eigenvalue weighted by molar-refractivity contribution is 0.253. The van der Waals surface area contributed by atoms with Crippen molar-refractivity contribution in [3.8, 4) is 17.2 Å². The zero-order chi connectivity index (χ0) is 21.7. The molecule has 8 N–H and O–H groups in total. The van der Waals surface area contributed by atoms with E-state index in [1.165, 1.54) is 27.5 Å². The van der Waals surface area contributed by atoms with Gasteiger partial charge in [-0.25, -0.2) is 31.3 Å². The molecule has 1 heterocycles. The molecule has 2 aromatic rings. The first-order chi connectivity index (χ1) is 13.7. The van der Waals surface area contributed by atoms with E-state index in [-0.39, 0.29) is 18.2 Å². The van der Waals surface area contributed by atoms with Gasteiger partial charge in [0.05, 0.1) is 21.3 Å². The van der Waals surface area contributed by atoms with Gasteiger partial charge < -0.3 is 25.7 Å². The maximum Gasteiger partial charge on any atom is 0.336 e. The number of carbonyl (C=O) groups is 2. The number of hydrogen-bond acceptors (Lipinski definition) is 9. The van der Waals surface area contributed by atoms with Crippen LogP contribution < -0.4 is 47.4 Å². The van der Waals surface area contributed by atoms with Crippen LogP contribution >= 0.6 is 0 Å². The van der Waals surface area contributed by atoms with E-state index >= 15 is 0 Å². The fourth-order valence-electron chi connectivity index (χ4n) is 2.50. The molecular formula is C16H22N8O5. The number of carbonyl (C=O) groups excluding carboxylic acids is 2. The van der Waals surface area contributed by atoms with E-state index in [1.807, 2.05) is 0 Å². The van der Waals surface area contributed by atoms with Crippen LogP contribution in [0.2, 0.25) is 0 Å². The van der Waals surface area contributed by atoms with Crippen molar-refractivity contribution in [3.63, 3.8) is 0 Å². The molecule has 0 saturated heterocycles. The molecule has 0 radical (unpaired) electrons. The van der Waals surface area contributed by atoms with Crippen molar-refractivity contribution >= 4 is 23.8 Å². The number of amides is 4. The Kier molecular flexibility index (Phi) is 6.59. The lowest BCUT2D eigenvalue weighted by Gasteiger charge is -2.20. The Morgan fingerprint density at radius 3 is 1.97 bits per heavy atom. The fourth-order valence-corrected chi connectivity index (χ4v) is 2.50. The van der Waals surface area contributed by atoms with Crippen LogP contribution in [0.4, 0.5) is 21.4 Å². The van der Waals surface area contributed by atoms with Crippen LogP contribution in [-0.4, -0.2) is 43.4 Å². The summed E-state index contributed by atoms with van der Waals surface area (Å²) in [7, 11) is 4.46. The highest BCUT2D eigenvalue weighted by Crippen LogP contribution is 2.39. The fraction of sp³-hybridized carbons (Fsp3) is 0.250. The minimum absolute atomic E-state index is 0.0621. The topological polar surface area (TPSA) is 198 Å². The van der Waals surface area contributed by atoms with Crippen LogP contribution in [0.1, 0.15) is 11.1 Å². The van der Waals surface area contributed by atoms with Crippen molar-refractivity contribution < 1.29 is 23.8 Å². The van der Waals surface area contributed by atoms with Crippen LogP contribution in [0, 0.1) is 0 Å². The van der Waals surface area contributed by atoms with Crippen molar-refractivity contribution in [2.24, 2.45) is 23.2 Å². The molecular weight excluding hydrogens is 384 g/mol. The molecule has 1 aromatic carbocycles. The SMILES string of the molecule is COc1cc(Cc2cnc(N(N)C(N)=O)nc2N(N)C(N)=O)cc(OC)c1OC. The number of ether oxygens (including phenoxy) is 3. The van der Waals surface area contributed by atoms with E-state index in [0.29, 0.717) is 38.4 Å². The molecule has 13 heteroatoms. The number of benzene rings is 1.